The standard InChI is InChI=1S/C25H25N3O/c26-17-10-18-28(24-15-8-3-9-16-24)25(29)21-27(19-22-11-4-1-5-12-22)20-23-13-6-2-7-14-23/h1-9,11-16H,10,18-21H2. The van der Waals surface area contributed by atoms with Crippen molar-refractivity contribution in [3.05, 3.63) is 102 Å². The summed E-state index contributed by atoms with van der Waals surface area (Å²) < 4.78 is 0. The maximum Gasteiger partial charge on any atom is 0.241 e. The number of benzene rings is 3. The SMILES string of the molecule is N#CCCN(C(=O)CN(Cc1ccccc1)Cc1ccccc1)c1ccccc1. The van der Waals surface area contributed by atoms with Gasteiger partial charge in [0.25, 0.3) is 0 Å². The van der Waals surface area contributed by atoms with E-state index in [0.29, 0.717) is 26.1 Å². The molecule has 29 heavy (non-hydrogen) atoms. The molecule has 0 saturated heterocycles. The Morgan fingerprint density at radius 2 is 1.24 bits per heavy atom. The summed E-state index contributed by atoms with van der Waals surface area (Å²) in [5, 5.41) is 9.02. The van der Waals surface area contributed by atoms with Crippen molar-refractivity contribution in [3.8, 4) is 6.07 Å². The van der Waals surface area contributed by atoms with E-state index in [9.17, 15) is 4.79 Å². The van der Waals surface area contributed by atoms with Gasteiger partial charge in [0.1, 0.15) is 0 Å². The molecule has 0 aliphatic carbocycles. The molecule has 0 unspecified atom stereocenters. The van der Waals surface area contributed by atoms with Crippen molar-refractivity contribution in [1.29, 1.82) is 5.26 Å². The monoisotopic (exact) mass is 383 g/mol. The van der Waals surface area contributed by atoms with Crippen molar-refractivity contribution < 1.29 is 4.79 Å². The number of carbonyl (C=O) groups is 1. The van der Waals surface area contributed by atoms with Crippen molar-refractivity contribution in [2.75, 3.05) is 18.0 Å². The lowest BCUT2D eigenvalue weighted by Crippen LogP contribution is -2.40. The second-order valence-electron chi connectivity index (χ2n) is 6.91. The second-order valence-corrected chi connectivity index (χ2v) is 6.91. The second kappa shape index (κ2) is 10.8. The van der Waals surface area contributed by atoms with Crippen LogP contribution in [0.15, 0.2) is 91.0 Å². The largest absolute Gasteiger partial charge is 0.310 e. The van der Waals surface area contributed by atoms with Crippen LogP contribution in [-0.2, 0) is 17.9 Å². The number of hydrogen-bond acceptors (Lipinski definition) is 3. The molecule has 3 rings (SSSR count). The first-order chi connectivity index (χ1) is 14.3. The molecule has 0 saturated carbocycles. The molecule has 0 fully saturated rings. The molecular formula is C25H25N3O. The highest BCUT2D eigenvalue weighted by Crippen LogP contribution is 2.16. The highest BCUT2D eigenvalue weighted by molar-refractivity contribution is 5.94. The van der Waals surface area contributed by atoms with Gasteiger partial charge in [-0.1, -0.05) is 78.9 Å². The van der Waals surface area contributed by atoms with E-state index in [1.54, 1.807) is 4.90 Å². The van der Waals surface area contributed by atoms with Gasteiger partial charge in [-0.15, -0.1) is 0 Å². The molecule has 4 nitrogen and oxygen atoms in total. The Morgan fingerprint density at radius 1 is 0.759 bits per heavy atom. The number of carbonyl (C=O) groups excluding carboxylic acids is 1. The number of nitrogens with zero attached hydrogens (tertiary/aromatic N) is 3. The highest BCUT2D eigenvalue weighted by Gasteiger charge is 2.19. The zero-order chi connectivity index (χ0) is 20.3. The van der Waals surface area contributed by atoms with E-state index in [0.717, 1.165) is 5.69 Å². The fraction of sp³-hybridized carbons (Fsp3) is 0.200. The van der Waals surface area contributed by atoms with Crippen molar-refractivity contribution >= 4 is 11.6 Å². The summed E-state index contributed by atoms with van der Waals surface area (Å²) in [6, 6.07) is 32.1. The molecule has 0 heterocycles. The summed E-state index contributed by atoms with van der Waals surface area (Å²) in [5.41, 5.74) is 3.16. The maximum atomic E-state index is 13.2. The number of hydrogen-bond donors (Lipinski definition) is 0. The average Bonchev–Trinajstić information content (AvgIpc) is 2.76. The molecule has 1 amide bonds. The van der Waals surface area contributed by atoms with E-state index in [1.807, 2.05) is 66.7 Å². The Hall–Kier alpha value is -3.42. The molecule has 146 valence electrons. The Kier molecular flexibility index (Phi) is 7.56. The molecule has 0 spiro atoms. The summed E-state index contributed by atoms with van der Waals surface area (Å²) >= 11 is 0. The molecule has 0 aliphatic heterocycles. The minimum atomic E-state index is -0.00156. The molecule has 0 bridgehead atoms. The molecule has 3 aromatic rings. The minimum absolute atomic E-state index is 0.00156. The Bertz CT molecular complexity index is 879. The van der Waals surface area contributed by atoms with Gasteiger partial charge in [-0.3, -0.25) is 9.69 Å². The lowest BCUT2D eigenvalue weighted by molar-refractivity contribution is -0.120. The molecule has 0 atom stereocenters. The van der Waals surface area contributed by atoms with Crippen LogP contribution in [0.25, 0.3) is 0 Å². The van der Waals surface area contributed by atoms with Crippen LogP contribution in [0, 0.1) is 11.3 Å². The molecule has 4 heteroatoms. The maximum absolute atomic E-state index is 13.2. The summed E-state index contributed by atoms with van der Waals surface area (Å²) in [7, 11) is 0. The summed E-state index contributed by atoms with van der Waals surface area (Å²) in [6.07, 6.45) is 0.304. The lowest BCUT2D eigenvalue weighted by Gasteiger charge is -2.27. The first-order valence-corrected chi connectivity index (χ1v) is 9.79. The predicted molar refractivity (Wildman–Crippen MR) is 116 cm³/mol. The van der Waals surface area contributed by atoms with Crippen LogP contribution in [0.1, 0.15) is 17.5 Å². The van der Waals surface area contributed by atoms with Crippen molar-refractivity contribution in [1.82, 2.24) is 4.90 Å². The van der Waals surface area contributed by atoms with Crippen LogP contribution in [-0.4, -0.2) is 23.9 Å². The van der Waals surface area contributed by atoms with Crippen molar-refractivity contribution in [2.45, 2.75) is 19.5 Å². The minimum Gasteiger partial charge on any atom is -0.310 e. The van der Waals surface area contributed by atoms with Crippen LogP contribution in [0.3, 0.4) is 0 Å². The van der Waals surface area contributed by atoms with E-state index < -0.39 is 0 Å². The third kappa shape index (κ3) is 6.31. The Labute approximate surface area is 172 Å². The molecule has 0 radical (unpaired) electrons. The molecular weight excluding hydrogens is 358 g/mol. The van der Waals surface area contributed by atoms with Gasteiger partial charge < -0.3 is 4.90 Å². The Morgan fingerprint density at radius 3 is 1.72 bits per heavy atom. The third-order valence-electron chi connectivity index (χ3n) is 4.67. The van der Waals surface area contributed by atoms with E-state index in [2.05, 4.69) is 35.2 Å². The van der Waals surface area contributed by atoms with Gasteiger partial charge in [-0.25, -0.2) is 0 Å². The zero-order valence-electron chi connectivity index (χ0n) is 16.4. The first-order valence-electron chi connectivity index (χ1n) is 9.79. The van der Waals surface area contributed by atoms with E-state index in [-0.39, 0.29) is 12.5 Å². The van der Waals surface area contributed by atoms with Crippen molar-refractivity contribution in [3.63, 3.8) is 0 Å². The summed E-state index contributed by atoms with van der Waals surface area (Å²) in [5.74, 6) is -0.00156. The van der Waals surface area contributed by atoms with Gasteiger partial charge in [-0.2, -0.15) is 5.26 Å². The lowest BCUT2D eigenvalue weighted by atomic mass is 10.1. The van der Waals surface area contributed by atoms with Crippen LogP contribution in [0.5, 0.6) is 0 Å². The molecule has 0 N–H and O–H groups in total. The number of amides is 1. The number of nitriles is 1. The normalized spacial score (nSPS) is 10.5. The third-order valence-corrected chi connectivity index (χ3v) is 4.67. The first kappa shape index (κ1) is 20.3. The van der Waals surface area contributed by atoms with Gasteiger partial charge in [0.15, 0.2) is 0 Å². The fourth-order valence-electron chi connectivity index (χ4n) is 3.30. The summed E-state index contributed by atoms with van der Waals surface area (Å²) in [6.45, 7) is 2.04. The fourth-order valence-corrected chi connectivity index (χ4v) is 3.30. The highest BCUT2D eigenvalue weighted by atomic mass is 16.2. The quantitative estimate of drug-likeness (QED) is 0.541. The zero-order valence-corrected chi connectivity index (χ0v) is 16.4. The van der Waals surface area contributed by atoms with Gasteiger partial charge in [0, 0.05) is 25.3 Å². The van der Waals surface area contributed by atoms with Gasteiger partial charge in [0.05, 0.1) is 19.0 Å². The number of rotatable bonds is 9. The van der Waals surface area contributed by atoms with E-state index >= 15 is 0 Å². The van der Waals surface area contributed by atoms with E-state index in [4.69, 9.17) is 5.26 Å². The van der Waals surface area contributed by atoms with Gasteiger partial charge in [-0.05, 0) is 23.3 Å². The van der Waals surface area contributed by atoms with Crippen LogP contribution >= 0.6 is 0 Å². The topological polar surface area (TPSA) is 47.3 Å². The molecule has 3 aromatic carbocycles. The predicted octanol–water partition coefficient (Wildman–Crippen LogP) is 4.64. The van der Waals surface area contributed by atoms with Crippen LogP contribution < -0.4 is 4.90 Å². The molecule has 0 aromatic heterocycles. The number of anilines is 1. The molecule has 0 aliphatic rings. The Balaban J connectivity index is 1.78. The van der Waals surface area contributed by atoms with Crippen LogP contribution in [0.4, 0.5) is 5.69 Å². The average molecular weight is 383 g/mol. The van der Waals surface area contributed by atoms with Gasteiger partial charge >= 0.3 is 0 Å². The van der Waals surface area contributed by atoms with E-state index in [1.165, 1.54) is 11.1 Å². The number of para-hydroxylation sites is 1. The van der Waals surface area contributed by atoms with Crippen LogP contribution in [0.2, 0.25) is 0 Å². The smallest absolute Gasteiger partial charge is 0.241 e. The van der Waals surface area contributed by atoms with Gasteiger partial charge in [0.2, 0.25) is 5.91 Å². The van der Waals surface area contributed by atoms with Crippen molar-refractivity contribution in [2.24, 2.45) is 0 Å². The summed E-state index contributed by atoms with van der Waals surface area (Å²) in [4.78, 5) is 17.1.